The van der Waals surface area contributed by atoms with Crippen molar-refractivity contribution in [3.8, 4) is 11.1 Å². The highest BCUT2D eigenvalue weighted by atomic mass is 16.5. The highest BCUT2D eigenvalue weighted by molar-refractivity contribution is 5.84. The molecule has 7 nitrogen and oxygen atoms in total. The summed E-state index contributed by atoms with van der Waals surface area (Å²) in [4.78, 5) is 23.1. The van der Waals surface area contributed by atoms with E-state index in [9.17, 15) is 4.79 Å². The van der Waals surface area contributed by atoms with Crippen LogP contribution in [0.15, 0.2) is 36.8 Å². The molecule has 1 aromatic carbocycles. The fraction of sp³-hybridized carbons (Fsp3) is 0.333. The first-order valence-electron chi connectivity index (χ1n) is 8.29. The number of hydrogen-bond donors (Lipinski definition) is 0. The van der Waals surface area contributed by atoms with Crippen molar-refractivity contribution in [1.29, 1.82) is 0 Å². The lowest BCUT2D eigenvalue weighted by Crippen LogP contribution is -2.41. The smallest absolute Gasteiger partial charge is 0.230 e. The van der Waals surface area contributed by atoms with Gasteiger partial charge in [-0.3, -0.25) is 9.48 Å². The van der Waals surface area contributed by atoms with Gasteiger partial charge in [-0.15, -0.1) is 0 Å². The molecule has 0 unspecified atom stereocenters. The molecular formula is C18H19N5O2. The molecule has 1 amide bonds. The third-order valence-corrected chi connectivity index (χ3v) is 4.34. The van der Waals surface area contributed by atoms with Crippen LogP contribution in [-0.2, 0) is 23.0 Å². The minimum atomic E-state index is 0.0473. The summed E-state index contributed by atoms with van der Waals surface area (Å²) in [6.07, 6.45) is 5.78. The van der Waals surface area contributed by atoms with E-state index in [0.29, 0.717) is 32.1 Å². The van der Waals surface area contributed by atoms with Crippen LogP contribution in [0.3, 0.4) is 0 Å². The van der Waals surface area contributed by atoms with Crippen molar-refractivity contribution in [2.75, 3.05) is 26.3 Å². The SMILES string of the molecule is Cn1cc(-c2ccc3cnc(CC(=O)N4CCOCC4)nc3c2)cn1. The normalized spacial score (nSPS) is 14.8. The predicted molar refractivity (Wildman–Crippen MR) is 92.8 cm³/mol. The fourth-order valence-electron chi connectivity index (χ4n) is 2.96. The molecule has 1 saturated heterocycles. The molecule has 25 heavy (non-hydrogen) atoms. The summed E-state index contributed by atoms with van der Waals surface area (Å²) in [6, 6.07) is 6.03. The quantitative estimate of drug-likeness (QED) is 0.723. The average molecular weight is 337 g/mol. The molecule has 0 spiro atoms. The Morgan fingerprint density at radius 2 is 2.04 bits per heavy atom. The number of carbonyl (C=O) groups is 1. The molecular weight excluding hydrogens is 318 g/mol. The van der Waals surface area contributed by atoms with Gasteiger partial charge in [0.2, 0.25) is 5.91 Å². The first-order valence-corrected chi connectivity index (χ1v) is 8.29. The van der Waals surface area contributed by atoms with Crippen molar-refractivity contribution < 1.29 is 9.53 Å². The second-order valence-electron chi connectivity index (χ2n) is 6.13. The van der Waals surface area contributed by atoms with E-state index in [2.05, 4.69) is 15.1 Å². The number of nitrogens with zero attached hydrogens (tertiary/aromatic N) is 5. The van der Waals surface area contributed by atoms with Crippen LogP contribution in [0.1, 0.15) is 5.82 Å². The molecule has 7 heteroatoms. The van der Waals surface area contributed by atoms with Crippen LogP contribution in [0.2, 0.25) is 0 Å². The van der Waals surface area contributed by atoms with E-state index in [4.69, 9.17) is 4.74 Å². The van der Waals surface area contributed by atoms with Crippen LogP contribution >= 0.6 is 0 Å². The van der Waals surface area contributed by atoms with E-state index in [1.54, 1.807) is 10.9 Å². The maximum atomic E-state index is 12.4. The third kappa shape index (κ3) is 3.36. The lowest BCUT2D eigenvalue weighted by atomic mass is 10.1. The first-order chi connectivity index (χ1) is 12.2. The number of ether oxygens (including phenoxy) is 1. The first kappa shape index (κ1) is 15.7. The van der Waals surface area contributed by atoms with Crippen molar-refractivity contribution in [2.24, 2.45) is 7.05 Å². The second-order valence-corrected chi connectivity index (χ2v) is 6.13. The monoisotopic (exact) mass is 337 g/mol. The summed E-state index contributed by atoms with van der Waals surface area (Å²) in [5.74, 6) is 0.596. The van der Waals surface area contributed by atoms with Crippen LogP contribution < -0.4 is 0 Å². The Labute approximate surface area is 145 Å². The van der Waals surface area contributed by atoms with Crippen molar-refractivity contribution in [1.82, 2.24) is 24.6 Å². The standard InChI is InChI=1S/C18H19N5O2/c1-22-12-15(11-20-22)13-2-3-14-10-19-17(21-16(14)8-13)9-18(24)23-4-6-25-7-5-23/h2-3,8,10-12H,4-7,9H2,1H3. The molecule has 3 aromatic rings. The number of aryl methyl sites for hydroxylation is 1. The van der Waals surface area contributed by atoms with Crippen LogP contribution in [0.4, 0.5) is 0 Å². The minimum absolute atomic E-state index is 0.0473. The Morgan fingerprint density at radius 1 is 1.20 bits per heavy atom. The van der Waals surface area contributed by atoms with Crippen LogP contribution in [-0.4, -0.2) is 56.9 Å². The number of morpholine rings is 1. The highest BCUT2D eigenvalue weighted by Gasteiger charge is 2.18. The maximum Gasteiger partial charge on any atom is 0.230 e. The van der Waals surface area contributed by atoms with Crippen LogP contribution in [0.25, 0.3) is 22.0 Å². The Hall–Kier alpha value is -2.80. The molecule has 0 saturated carbocycles. The van der Waals surface area contributed by atoms with Gasteiger partial charge in [-0.2, -0.15) is 5.10 Å². The summed E-state index contributed by atoms with van der Waals surface area (Å²) in [7, 11) is 1.89. The van der Waals surface area contributed by atoms with Crippen molar-refractivity contribution >= 4 is 16.8 Å². The van der Waals surface area contributed by atoms with Crippen LogP contribution in [0, 0.1) is 0 Å². The van der Waals surface area contributed by atoms with Gasteiger partial charge in [0.15, 0.2) is 0 Å². The molecule has 0 aliphatic carbocycles. The minimum Gasteiger partial charge on any atom is -0.378 e. The molecule has 1 fully saturated rings. The average Bonchev–Trinajstić information content (AvgIpc) is 3.08. The summed E-state index contributed by atoms with van der Waals surface area (Å²) < 4.78 is 7.05. The van der Waals surface area contributed by atoms with E-state index in [-0.39, 0.29) is 12.3 Å². The summed E-state index contributed by atoms with van der Waals surface area (Å²) in [6.45, 7) is 2.46. The Morgan fingerprint density at radius 3 is 2.80 bits per heavy atom. The highest BCUT2D eigenvalue weighted by Crippen LogP contribution is 2.22. The molecule has 0 radical (unpaired) electrons. The van der Waals surface area contributed by atoms with E-state index < -0.39 is 0 Å². The number of benzene rings is 1. The van der Waals surface area contributed by atoms with E-state index >= 15 is 0 Å². The molecule has 0 N–H and O–H groups in total. The molecule has 3 heterocycles. The maximum absolute atomic E-state index is 12.4. The summed E-state index contributed by atoms with van der Waals surface area (Å²) >= 11 is 0. The van der Waals surface area contributed by atoms with Gasteiger partial charge in [-0.05, 0) is 11.6 Å². The van der Waals surface area contributed by atoms with Gasteiger partial charge in [0.05, 0.1) is 31.3 Å². The van der Waals surface area contributed by atoms with Gasteiger partial charge in [0.25, 0.3) is 0 Å². The second kappa shape index (κ2) is 6.60. The summed E-state index contributed by atoms with van der Waals surface area (Å²) in [5.41, 5.74) is 2.92. The zero-order valence-electron chi connectivity index (χ0n) is 14.1. The Kier molecular flexibility index (Phi) is 4.15. The Balaban J connectivity index is 1.59. The van der Waals surface area contributed by atoms with E-state index in [1.807, 2.05) is 42.5 Å². The largest absolute Gasteiger partial charge is 0.378 e. The van der Waals surface area contributed by atoms with Crippen molar-refractivity contribution in [2.45, 2.75) is 6.42 Å². The lowest BCUT2D eigenvalue weighted by Gasteiger charge is -2.26. The van der Waals surface area contributed by atoms with Gasteiger partial charge in [0, 0.05) is 43.5 Å². The number of amides is 1. The zero-order chi connectivity index (χ0) is 17.2. The van der Waals surface area contributed by atoms with E-state index in [0.717, 1.165) is 22.0 Å². The van der Waals surface area contributed by atoms with E-state index in [1.165, 1.54) is 0 Å². The molecule has 0 bridgehead atoms. The molecule has 0 atom stereocenters. The number of hydrogen-bond acceptors (Lipinski definition) is 5. The fourth-order valence-corrected chi connectivity index (χ4v) is 2.96. The molecule has 2 aromatic heterocycles. The van der Waals surface area contributed by atoms with Crippen molar-refractivity contribution in [3.63, 3.8) is 0 Å². The van der Waals surface area contributed by atoms with Gasteiger partial charge >= 0.3 is 0 Å². The third-order valence-electron chi connectivity index (χ3n) is 4.34. The van der Waals surface area contributed by atoms with Gasteiger partial charge in [-0.1, -0.05) is 12.1 Å². The van der Waals surface area contributed by atoms with Crippen molar-refractivity contribution in [3.05, 3.63) is 42.6 Å². The van der Waals surface area contributed by atoms with Crippen LogP contribution in [0.5, 0.6) is 0 Å². The van der Waals surface area contributed by atoms with Gasteiger partial charge in [-0.25, -0.2) is 9.97 Å². The lowest BCUT2D eigenvalue weighted by molar-refractivity contribution is -0.134. The number of rotatable bonds is 3. The number of aromatic nitrogens is 4. The topological polar surface area (TPSA) is 73.1 Å². The predicted octanol–water partition coefficient (Wildman–Crippen LogP) is 1.43. The Bertz CT molecular complexity index is 915. The number of carbonyl (C=O) groups excluding carboxylic acids is 1. The molecule has 1 aliphatic heterocycles. The molecule has 4 rings (SSSR count). The molecule has 1 aliphatic rings. The number of fused-ring (bicyclic) bond motifs is 1. The summed E-state index contributed by atoms with van der Waals surface area (Å²) in [5, 5.41) is 5.16. The molecule has 128 valence electrons. The van der Waals surface area contributed by atoms with Gasteiger partial charge < -0.3 is 9.64 Å². The zero-order valence-corrected chi connectivity index (χ0v) is 14.1. The van der Waals surface area contributed by atoms with Gasteiger partial charge in [0.1, 0.15) is 5.82 Å².